The zero-order chi connectivity index (χ0) is 23.4. The van der Waals surface area contributed by atoms with E-state index in [4.69, 9.17) is 18.9 Å². The highest BCUT2D eigenvalue weighted by Crippen LogP contribution is 2.41. The Kier molecular flexibility index (Phi) is 6.44. The number of hydrogen-bond acceptors (Lipinski definition) is 7. The van der Waals surface area contributed by atoms with Crippen LogP contribution in [0, 0.1) is 0 Å². The van der Waals surface area contributed by atoms with Crippen molar-refractivity contribution in [2.45, 2.75) is 25.9 Å². The Morgan fingerprint density at radius 2 is 1.91 bits per heavy atom. The van der Waals surface area contributed by atoms with Gasteiger partial charge >= 0.3 is 11.9 Å². The van der Waals surface area contributed by atoms with Gasteiger partial charge in [-0.2, -0.15) is 0 Å². The first-order chi connectivity index (χ1) is 16.0. The predicted molar refractivity (Wildman–Crippen MR) is 119 cm³/mol. The second-order valence-electron chi connectivity index (χ2n) is 7.41. The fourth-order valence-corrected chi connectivity index (χ4v) is 3.78. The molecule has 3 aromatic rings. The lowest BCUT2D eigenvalue weighted by Gasteiger charge is -2.25. The van der Waals surface area contributed by atoms with Gasteiger partial charge in [-0.1, -0.05) is 36.4 Å². The molecule has 2 heterocycles. The Labute approximate surface area is 190 Å². The van der Waals surface area contributed by atoms with Crippen molar-refractivity contribution in [3.63, 3.8) is 0 Å². The molecule has 1 aliphatic rings. The maximum atomic E-state index is 12.8. The van der Waals surface area contributed by atoms with Gasteiger partial charge in [0.15, 0.2) is 17.2 Å². The molecule has 170 valence electrons. The molecule has 1 aromatic heterocycles. The molecular weight excluding hydrogens is 426 g/mol. The van der Waals surface area contributed by atoms with Crippen LogP contribution in [0.1, 0.15) is 46.3 Å². The number of aromatic nitrogens is 1. The molecule has 2 aromatic carbocycles. The number of methoxy groups -OCH3 is 1. The number of fused-ring (bicyclic) bond motifs is 1. The lowest BCUT2D eigenvalue weighted by Crippen LogP contribution is -2.30. The number of hydrogen-bond donors (Lipinski definition) is 1. The van der Waals surface area contributed by atoms with Gasteiger partial charge in [0.25, 0.3) is 5.56 Å². The van der Waals surface area contributed by atoms with E-state index in [9.17, 15) is 14.4 Å². The first kappa shape index (κ1) is 22.1. The van der Waals surface area contributed by atoms with Crippen molar-refractivity contribution in [2.24, 2.45) is 0 Å². The van der Waals surface area contributed by atoms with E-state index in [2.05, 4.69) is 4.98 Å². The van der Waals surface area contributed by atoms with Gasteiger partial charge in [-0.3, -0.25) is 9.59 Å². The van der Waals surface area contributed by atoms with Crippen molar-refractivity contribution in [3.8, 4) is 17.2 Å². The van der Waals surface area contributed by atoms with Crippen LogP contribution in [0.4, 0.5) is 0 Å². The number of carbonyl (C=O) groups is 2. The maximum absolute atomic E-state index is 12.8. The third kappa shape index (κ3) is 4.59. The quantitative estimate of drug-likeness (QED) is 0.550. The number of carbonyl (C=O) groups excluding carboxylic acids is 2. The first-order valence-corrected chi connectivity index (χ1v) is 10.5. The van der Waals surface area contributed by atoms with E-state index >= 15 is 0 Å². The van der Waals surface area contributed by atoms with Crippen LogP contribution in [-0.4, -0.2) is 30.6 Å². The lowest BCUT2D eigenvalue weighted by atomic mass is 9.86. The van der Waals surface area contributed by atoms with Crippen molar-refractivity contribution < 1.29 is 28.5 Å². The zero-order valence-electron chi connectivity index (χ0n) is 18.3. The molecule has 0 amide bonds. The van der Waals surface area contributed by atoms with Gasteiger partial charge in [-0.15, -0.1) is 0 Å². The van der Waals surface area contributed by atoms with Crippen LogP contribution in [0.25, 0.3) is 0 Å². The summed E-state index contributed by atoms with van der Waals surface area (Å²) in [5.41, 5.74) is 1.38. The van der Waals surface area contributed by atoms with Crippen LogP contribution in [0.5, 0.6) is 17.2 Å². The van der Waals surface area contributed by atoms with Gasteiger partial charge in [0, 0.05) is 12.1 Å². The van der Waals surface area contributed by atoms with E-state index in [1.165, 1.54) is 13.3 Å². The molecule has 1 N–H and O–H groups in total. The van der Waals surface area contributed by atoms with E-state index in [1.54, 1.807) is 25.1 Å². The van der Waals surface area contributed by atoms with E-state index in [0.29, 0.717) is 23.7 Å². The Bertz CT molecular complexity index is 1230. The summed E-state index contributed by atoms with van der Waals surface area (Å²) in [5.74, 6) is -0.948. The number of nitrogens with one attached hydrogen (secondary N) is 1. The Morgan fingerprint density at radius 3 is 2.64 bits per heavy atom. The van der Waals surface area contributed by atoms with E-state index in [0.717, 1.165) is 5.56 Å². The largest absolute Gasteiger partial charge is 0.493 e. The number of H-pyrrole nitrogens is 1. The molecule has 8 heteroatoms. The minimum Gasteiger partial charge on any atom is -0.493 e. The average molecular weight is 449 g/mol. The topological polar surface area (TPSA) is 104 Å². The summed E-state index contributed by atoms with van der Waals surface area (Å²) in [6, 6.07) is 14.9. The highest BCUT2D eigenvalue weighted by atomic mass is 16.5. The van der Waals surface area contributed by atoms with Crippen molar-refractivity contribution in [3.05, 3.63) is 87.3 Å². The fourth-order valence-electron chi connectivity index (χ4n) is 3.78. The number of ether oxygens (including phenoxy) is 4. The monoisotopic (exact) mass is 449 g/mol. The van der Waals surface area contributed by atoms with E-state index in [-0.39, 0.29) is 29.9 Å². The summed E-state index contributed by atoms with van der Waals surface area (Å²) in [4.78, 5) is 40.1. The highest BCUT2D eigenvalue weighted by molar-refractivity contribution is 5.94. The standard InChI is InChI=1S/C25H23NO7/c1-3-31-25(29)18-13-26-24(28)22-17(12-21(27)33-23(18)22)16-9-10-19(30-2)20(11-16)32-14-15-7-5-4-6-8-15/h4-11,13,17H,3,12,14H2,1-2H3,(H,26,28)/t17-/m0/s1. The summed E-state index contributed by atoms with van der Waals surface area (Å²) in [6.07, 6.45) is 1.14. The van der Waals surface area contributed by atoms with Crippen molar-refractivity contribution in [1.82, 2.24) is 4.98 Å². The number of aromatic amines is 1. The average Bonchev–Trinajstić information content (AvgIpc) is 2.83. The Hall–Kier alpha value is -4.07. The van der Waals surface area contributed by atoms with Gasteiger partial charge in [0.1, 0.15) is 12.2 Å². The molecule has 4 rings (SSSR count). The summed E-state index contributed by atoms with van der Waals surface area (Å²) in [5, 5.41) is 0. The van der Waals surface area contributed by atoms with Crippen molar-refractivity contribution in [2.75, 3.05) is 13.7 Å². The third-order valence-electron chi connectivity index (χ3n) is 5.34. The normalized spacial score (nSPS) is 14.7. The van der Waals surface area contributed by atoms with Gasteiger partial charge in [-0.05, 0) is 30.2 Å². The SMILES string of the molecule is CCOC(=O)c1c[nH]c(=O)c2c1OC(=O)C[C@H]2c1ccc(OC)c(OCc2ccccc2)c1. The summed E-state index contributed by atoms with van der Waals surface area (Å²) in [6.45, 7) is 2.13. The molecule has 1 aliphatic heterocycles. The molecule has 0 aliphatic carbocycles. The van der Waals surface area contributed by atoms with Crippen LogP contribution in [0.2, 0.25) is 0 Å². The van der Waals surface area contributed by atoms with Crippen LogP contribution in [-0.2, 0) is 16.1 Å². The van der Waals surface area contributed by atoms with Gasteiger partial charge in [-0.25, -0.2) is 4.79 Å². The van der Waals surface area contributed by atoms with E-state index in [1.807, 2.05) is 30.3 Å². The molecule has 0 unspecified atom stereocenters. The minimum atomic E-state index is -0.680. The van der Waals surface area contributed by atoms with E-state index < -0.39 is 23.4 Å². The summed E-state index contributed by atoms with van der Waals surface area (Å²) in [7, 11) is 1.54. The summed E-state index contributed by atoms with van der Waals surface area (Å²) >= 11 is 0. The van der Waals surface area contributed by atoms with Gasteiger partial charge < -0.3 is 23.9 Å². The third-order valence-corrected chi connectivity index (χ3v) is 5.34. The molecule has 0 spiro atoms. The molecule has 0 saturated heterocycles. The first-order valence-electron chi connectivity index (χ1n) is 10.5. The second-order valence-corrected chi connectivity index (χ2v) is 7.41. The Morgan fingerprint density at radius 1 is 1.12 bits per heavy atom. The summed E-state index contributed by atoms with van der Waals surface area (Å²) < 4.78 is 21.8. The lowest BCUT2D eigenvalue weighted by molar-refractivity contribution is -0.135. The number of pyridine rings is 1. The zero-order valence-corrected chi connectivity index (χ0v) is 18.3. The number of esters is 2. The van der Waals surface area contributed by atoms with Gasteiger partial charge in [0.05, 0.1) is 25.7 Å². The highest BCUT2D eigenvalue weighted by Gasteiger charge is 2.35. The number of rotatable bonds is 7. The molecule has 33 heavy (non-hydrogen) atoms. The molecule has 1 atom stereocenters. The molecule has 8 nitrogen and oxygen atoms in total. The van der Waals surface area contributed by atoms with Crippen molar-refractivity contribution >= 4 is 11.9 Å². The minimum absolute atomic E-state index is 0.00133. The van der Waals surface area contributed by atoms with Crippen LogP contribution < -0.4 is 19.8 Å². The van der Waals surface area contributed by atoms with Crippen LogP contribution in [0.3, 0.4) is 0 Å². The fraction of sp³-hybridized carbons (Fsp3) is 0.240. The maximum Gasteiger partial charge on any atom is 0.343 e. The second kappa shape index (κ2) is 9.60. The molecule has 0 saturated carbocycles. The molecule has 0 fully saturated rings. The van der Waals surface area contributed by atoms with Crippen molar-refractivity contribution in [1.29, 1.82) is 0 Å². The molecule has 0 bridgehead atoms. The predicted octanol–water partition coefficient (Wildman–Crippen LogP) is 3.58. The smallest absolute Gasteiger partial charge is 0.343 e. The van der Waals surface area contributed by atoms with Crippen LogP contribution >= 0.6 is 0 Å². The number of benzene rings is 2. The van der Waals surface area contributed by atoms with Gasteiger partial charge in [0.2, 0.25) is 0 Å². The van der Waals surface area contributed by atoms with Crippen LogP contribution in [0.15, 0.2) is 59.5 Å². The Balaban J connectivity index is 1.74. The molecule has 0 radical (unpaired) electrons. The molecular formula is C25H23NO7.